The number of aryl methyl sites for hydroxylation is 4. The number of ether oxygens (including phenoxy) is 1. The number of carbonyl (C=O) groups excluding carboxylic acids is 1. The number of fused-ring (bicyclic) bond motifs is 1. The molecule has 1 aromatic heterocycles. The molecular weight excluding hydrogens is 306 g/mol. The highest BCUT2D eigenvalue weighted by atomic mass is 16.5. The zero-order valence-electron chi connectivity index (χ0n) is 14.5. The number of nitrogens with zero attached hydrogens (tertiary/aromatic N) is 3. The summed E-state index contributed by atoms with van der Waals surface area (Å²) in [5, 5.41) is 0. The van der Waals surface area contributed by atoms with Crippen molar-refractivity contribution in [1.82, 2.24) is 14.5 Å². The number of benzene rings is 1. The summed E-state index contributed by atoms with van der Waals surface area (Å²) in [4.78, 5) is 31.1. The molecule has 1 amide bonds. The first-order chi connectivity index (χ1) is 11.5. The molecule has 1 aliphatic rings. The topological polar surface area (TPSA) is 64.4 Å². The van der Waals surface area contributed by atoms with E-state index in [1.165, 1.54) is 0 Å². The first-order valence-electron chi connectivity index (χ1n) is 8.31. The van der Waals surface area contributed by atoms with Crippen molar-refractivity contribution < 1.29 is 9.53 Å². The predicted molar refractivity (Wildman–Crippen MR) is 92.2 cm³/mol. The van der Waals surface area contributed by atoms with E-state index in [1.807, 2.05) is 26.0 Å². The second-order valence-electron chi connectivity index (χ2n) is 6.32. The van der Waals surface area contributed by atoms with Gasteiger partial charge in [0, 0.05) is 26.1 Å². The van der Waals surface area contributed by atoms with Gasteiger partial charge in [0.05, 0.1) is 24.2 Å². The van der Waals surface area contributed by atoms with Crippen LogP contribution in [0.4, 0.5) is 0 Å². The Morgan fingerprint density at radius 2 is 1.83 bits per heavy atom. The molecule has 0 N–H and O–H groups in total. The molecule has 0 spiro atoms. The van der Waals surface area contributed by atoms with Crippen LogP contribution in [0.15, 0.2) is 16.9 Å². The summed E-state index contributed by atoms with van der Waals surface area (Å²) in [6.45, 7) is 8.56. The average Bonchev–Trinajstić information content (AvgIpc) is 2.58. The predicted octanol–water partition coefficient (Wildman–Crippen LogP) is 1.57. The quantitative estimate of drug-likeness (QED) is 0.857. The van der Waals surface area contributed by atoms with Gasteiger partial charge in [0.1, 0.15) is 5.69 Å². The Bertz CT molecular complexity index is 835. The summed E-state index contributed by atoms with van der Waals surface area (Å²) in [7, 11) is 0. The molecule has 0 atom stereocenters. The van der Waals surface area contributed by atoms with Crippen molar-refractivity contribution in [2.75, 3.05) is 26.3 Å². The fourth-order valence-electron chi connectivity index (χ4n) is 3.02. The maximum atomic E-state index is 12.5. The van der Waals surface area contributed by atoms with Gasteiger partial charge in [-0.1, -0.05) is 0 Å². The normalized spacial score (nSPS) is 15.0. The first-order valence-corrected chi connectivity index (χ1v) is 8.31. The van der Waals surface area contributed by atoms with Gasteiger partial charge in [0.15, 0.2) is 0 Å². The Morgan fingerprint density at radius 3 is 2.54 bits per heavy atom. The van der Waals surface area contributed by atoms with E-state index in [9.17, 15) is 9.59 Å². The lowest BCUT2D eigenvalue weighted by Crippen LogP contribution is -2.41. The average molecular weight is 329 g/mol. The van der Waals surface area contributed by atoms with Crippen LogP contribution in [0, 0.1) is 20.8 Å². The number of rotatable bonds is 3. The zero-order valence-corrected chi connectivity index (χ0v) is 14.5. The monoisotopic (exact) mass is 329 g/mol. The SMILES string of the molecule is Cc1cc2nc(C)c(=O)n(CCC(=O)N3CCOCC3)c2cc1C. The second-order valence-corrected chi connectivity index (χ2v) is 6.32. The van der Waals surface area contributed by atoms with Crippen LogP contribution in [0.25, 0.3) is 11.0 Å². The van der Waals surface area contributed by atoms with Gasteiger partial charge in [-0.25, -0.2) is 4.98 Å². The summed E-state index contributed by atoms with van der Waals surface area (Å²) in [6.07, 6.45) is 0.311. The Hall–Kier alpha value is -2.21. The summed E-state index contributed by atoms with van der Waals surface area (Å²) < 4.78 is 6.96. The molecule has 24 heavy (non-hydrogen) atoms. The van der Waals surface area contributed by atoms with E-state index in [-0.39, 0.29) is 11.5 Å². The van der Waals surface area contributed by atoms with E-state index in [0.717, 1.165) is 22.2 Å². The lowest BCUT2D eigenvalue weighted by molar-refractivity contribution is -0.135. The van der Waals surface area contributed by atoms with Crippen LogP contribution in [0.3, 0.4) is 0 Å². The van der Waals surface area contributed by atoms with E-state index < -0.39 is 0 Å². The standard InChI is InChI=1S/C18H23N3O3/c1-12-10-15-16(11-13(12)2)21(18(23)14(3)19-15)5-4-17(22)20-6-8-24-9-7-20/h10-11H,4-9H2,1-3H3. The fourth-order valence-corrected chi connectivity index (χ4v) is 3.02. The van der Waals surface area contributed by atoms with E-state index >= 15 is 0 Å². The van der Waals surface area contributed by atoms with Gasteiger partial charge >= 0.3 is 0 Å². The van der Waals surface area contributed by atoms with Gasteiger partial charge in [0.25, 0.3) is 5.56 Å². The van der Waals surface area contributed by atoms with Crippen molar-refractivity contribution >= 4 is 16.9 Å². The Kier molecular flexibility index (Phi) is 4.66. The summed E-state index contributed by atoms with van der Waals surface area (Å²) in [5.41, 5.74) is 4.19. The van der Waals surface area contributed by atoms with Crippen LogP contribution in [0.5, 0.6) is 0 Å². The maximum Gasteiger partial charge on any atom is 0.272 e. The number of aromatic nitrogens is 2. The van der Waals surface area contributed by atoms with E-state index in [0.29, 0.717) is 45.0 Å². The van der Waals surface area contributed by atoms with Crippen molar-refractivity contribution in [2.24, 2.45) is 0 Å². The van der Waals surface area contributed by atoms with Gasteiger partial charge < -0.3 is 14.2 Å². The Morgan fingerprint density at radius 1 is 1.17 bits per heavy atom. The largest absolute Gasteiger partial charge is 0.378 e. The van der Waals surface area contributed by atoms with Crippen molar-refractivity contribution in [3.05, 3.63) is 39.3 Å². The summed E-state index contributed by atoms with van der Waals surface area (Å²) in [5.74, 6) is 0.0663. The zero-order chi connectivity index (χ0) is 17.3. The minimum Gasteiger partial charge on any atom is -0.378 e. The minimum atomic E-state index is -0.125. The highest BCUT2D eigenvalue weighted by Gasteiger charge is 2.17. The number of amides is 1. The van der Waals surface area contributed by atoms with Crippen LogP contribution in [-0.2, 0) is 16.1 Å². The maximum absolute atomic E-state index is 12.5. The van der Waals surface area contributed by atoms with Crippen LogP contribution in [-0.4, -0.2) is 46.7 Å². The molecule has 2 heterocycles. The number of hydrogen-bond acceptors (Lipinski definition) is 4. The Balaban J connectivity index is 1.90. The molecule has 6 heteroatoms. The molecule has 128 valence electrons. The van der Waals surface area contributed by atoms with Crippen molar-refractivity contribution in [2.45, 2.75) is 33.7 Å². The first kappa shape index (κ1) is 16.6. The molecule has 0 saturated carbocycles. The van der Waals surface area contributed by atoms with Gasteiger partial charge in [0.2, 0.25) is 5.91 Å². The van der Waals surface area contributed by atoms with E-state index in [1.54, 1.807) is 16.4 Å². The Labute approximate surface area is 141 Å². The number of carbonyl (C=O) groups is 1. The minimum absolute atomic E-state index is 0.0663. The van der Waals surface area contributed by atoms with Gasteiger partial charge in [-0.3, -0.25) is 9.59 Å². The van der Waals surface area contributed by atoms with Crippen molar-refractivity contribution in [1.29, 1.82) is 0 Å². The number of morpholine rings is 1. The molecule has 1 aromatic carbocycles. The van der Waals surface area contributed by atoms with Gasteiger partial charge in [-0.15, -0.1) is 0 Å². The van der Waals surface area contributed by atoms with Crippen LogP contribution < -0.4 is 5.56 Å². The fraction of sp³-hybridized carbons (Fsp3) is 0.500. The molecule has 0 bridgehead atoms. The van der Waals surface area contributed by atoms with E-state index in [2.05, 4.69) is 4.98 Å². The summed E-state index contributed by atoms with van der Waals surface area (Å²) >= 11 is 0. The molecule has 2 aromatic rings. The third-order valence-corrected chi connectivity index (χ3v) is 4.64. The lowest BCUT2D eigenvalue weighted by Gasteiger charge is -2.27. The molecule has 1 aliphatic heterocycles. The van der Waals surface area contributed by atoms with Crippen molar-refractivity contribution in [3.63, 3.8) is 0 Å². The summed E-state index contributed by atoms with van der Waals surface area (Å²) in [6, 6.07) is 3.98. The van der Waals surface area contributed by atoms with Crippen LogP contribution >= 0.6 is 0 Å². The third kappa shape index (κ3) is 3.19. The van der Waals surface area contributed by atoms with Gasteiger partial charge in [-0.05, 0) is 44.0 Å². The molecular formula is C18H23N3O3. The third-order valence-electron chi connectivity index (χ3n) is 4.64. The highest BCUT2D eigenvalue weighted by Crippen LogP contribution is 2.17. The highest BCUT2D eigenvalue weighted by molar-refractivity contribution is 5.78. The molecule has 6 nitrogen and oxygen atoms in total. The smallest absolute Gasteiger partial charge is 0.272 e. The molecule has 0 radical (unpaired) electrons. The van der Waals surface area contributed by atoms with Crippen molar-refractivity contribution in [3.8, 4) is 0 Å². The second kappa shape index (κ2) is 6.73. The van der Waals surface area contributed by atoms with Gasteiger partial charge in [-0.2, -0.15) is 0 Å². The van der Waals surface area contributed by atoms with Crippen LogP contribution in [0.1, 0.15) is 23.2 Å². The molecule has 1 saturated heterocycles. The molecule has 0 aliphatic carbocycles. The molecule has 1 fully saturated rings. The van der Waals surface area contributed by atoms with E-state index in [4.69, 9.17) is 4.74 Å². The van der Waals surface area contributed by atoms with Crippen LogP contribution in [0.2, 0.25) is 0 Å². The molecule has 3 rings (SSSR count). The number of hydrogen-bond donors (Lipinski definition) is 0. The molecule has 0 unspecified atom stereocenters. The lowest BCUT2D eigenvalue weighted by atomic mass is 10.1.